The molecule has 0 aromatic heterocycles. The first-order chi connectivity index (χ1) is 11.6. The summed E-state index contributed by atoms with van der Waals surface area (Å²) >= 11 is 0. The molecule has 3 heteroatoms. The lowest BCUT2D eigenvalue weighted by molar-refractivity contribution is 0.0599. The van der Waals surface area contributed by atoms with Gasteiger partial charge in [-0.05, 0) is 35.8 Å². The molecule has 3 aliphatic rings. The van der Waals surface area contributed by atoms with Crippen LogP contribution in [-0.2, 0) is 4.74 Å². The van der Waals surface area contributed by atoms with E-state index in [0.29, 0.717) is 11.5 Å². The molecule has 0 saturated heterocycles. The highest BCUT2D eigenvalue weighted by molar-refractivity contribution is 5.97. The number of rotatable bonds is 1. The molecule has 1 aliphatic heterocycles. The SMILES string of the molecule is COC(=O)c1cccc2c1N[C@@H]1C(C)(C)C=C3C(C)(C)CC[C@H]2[C@@]31C. The van der Waals surface area contributed by atoms with E-state index in [4.69, 9.17) is 4.74 Å². The molecule has 0 spiro atoms. The Morgan fingerprint density at radius 1 is 1.20 bits per heavy atom. The van der Waals surface area contributed by atoms with Crippen molar-refractivity contribution in [3.63, 3.8) is 0 Å². The van der Waals surface area contributed by atoms with Crippen LogP contribution in [0, 0.1) is 16.2 Å². The third-order valence-corrected chi connectivity index (χ3v) is 7.12. The summed E-state index contributed by atoms with van der Waals surface area (Å²) in [6.45, 7) is 11.9. The lowest BCUT2D eigenvalue weighted by Crippen LogP contribution is -2.53. The molecule has 0 radical (unpaired) electrons. The molecule has 1 heterocycles. The number of fused-ring (bicyclic) bond motifs is 2. The van der Waals surface area contributed by atoms with Crippen LogP contribution in [0.4, 0.5) is 5.69 Å². The van der Waals surface area contributed by atoms with Gasteiger partial charge in [0.25, 0.3) is 0 Å². The highest BCUT2D eigenvalue weighted by Crippen LogP contribution is 2.68. The number of hydrogen-bond donors (Lipinski definition) is 1. The van der Waals surface area contributed by atoms with Gasteiger partial charge in [-0.3, -0.25) is 0 Å². The summed E-state index contributed by atoms with van der Waals surface area (Å²) in [7, 11) is 1.46. The number of benzene rings is 1. The maximum Gasteiger partial charge on any atom is 0.339 e. The third kappa shape index (κ3) is 2.01. The number of hydrogen-bond acceptors (Lipinski definition) is 3. The second-order valence-electron chi connectivity index (χ2n) is 9.48. The number of esters is 1. The molecule has 134 valence electrons. The van der Waals surface area contributed by atoms with Crippen LogP contribution < -0.4 is 5.32 Å². The number of ether oxygens (including phenoxy) is 1. The van der Waals surface area contributed by atoms with E-state index in [2.05, 4.69) is 52.1 Å². The zero-order valence-corrected chi connectivity index (χ0v) is 16.2. The van der Waals surface area contributed by atoms with Crippen LogP contribution in [0.15, 0.2) is 29.8 Å². The summed E-state index contributed by atoms with van der Waals surface area (Å²) in [6.07, 6.45) is 4.86. The molecule has 1 aromatic rings. The third-order valence-electron chi connectivity index (χ3n) is 7.12. The minimum atomic E-state index is -0.256. The molecule has 2 aliphatic carbocycles. The fraction of sp³-hybridized carbons (Fsp3) is 0.591. The predicted octanol–water partition coefficient (Wildman–Crippen LogP) is 5.14. The van der Waals surface area contributed by atoms with E-state index in [9.17, 15) is 4.79 Å². The van der Waals surface area contributed by atoms with Crippen molar-refractivity contribution in [2.75, 3.05) is 12.4 Å². The molecule has 4 rings (SSSR count). The van der Waals surface area contributed by atoms with E-state index in [1.54, 1.807) is 5.57 Å². The quantitative estimate of drug-likeness (QED) is 0.568. The summed E-state index contributed by atoms with van der Waals surface area (Å²) in [5.41, 5.74) is 4.89. The number of carbonyl (C=O) groups is 1. The van der Waals surface area contributed by atoms with Gasteiger partial charge in [0.15, 0.2) is 0 Å². The highest BCUT2D eigenvalue weighted by Gasteiger charge is 2.62. The van der Waals surface area contributed by atoms with Gasteiger partial charge < -0.3 is 10.1 Å². The van der Waals surface area contributed by atoms with E-state index in [-0.39, 0.29) is 28.3 Å². The molecule has 0 bridgehead atoms. The van der Waals surface area contributed by atoms with Crippen LogP contribution in [0.2, 0.25) is 0 Å². The Labute approximate surface area is 150 Å². The van der Waals surface area contributed by atoms with Crippen LogP contribution in [0.25, 0.3) is 0 Å². The van der Waals surface area contributed by atoms with Gasteiger partial charge in [-0.25, -0.2) is 4.79 Å². The summed E-state index contributed by atoms with van der Waals surface area (Å²) in [6, 6.07) is 6.36. The molecule has 0 unspecified atom stereocenters. The Hall–Kier alpha value is -1.77. The molecular formula is C22H29NO2. The van der Waals surface area contributed by atoms with E-state index in [0.717, 1.165) is 12.1 Å². The Kier molecular flexibility index (Phi) is 3.27. The van der Waals surface area contributed by atoms with E-state index < -0.39 is 0 Å². The molecule has 1 saturated carbocycles. The van der Waals surface area contributed by atoms with Gasteiger partial charge in [0.1, 0.15) is 0 Å². The van der Waals surface area contributed by atoms with Crippen molar-refractivity contribution in [3.05, 3.63) is 41.0 Å². The largest absolute Gasteiger partial charge is 0.465 e. The van der Waals surface area contributed by atoms with Crippen LogP contribution >= 0.6 is 0 Å². The molecule has 3 nitrogen and oxygen atoms in total. The second kappa shape index (κ2) is 4.90. The Morgan fingerprint density at radius 2 is 1.92 bits per heavy atom. The second-order valence-corrected chi connectivity index (χ2v) is 9.48. The van der Waals surface area contributed by atoms with Gasteiger partial charge in [-0.1, -0.05) is 58.4 Å². The number of carbonyl (C=O) groups excluding carboxylic acids is 1. The molecular weight excluding hydrogens is 310 g/mol. The van der Waals surface area contributed by atoms with Gasteiger partial charge >= 0.3 is 5.97 Å². The lowest BCUT2D eigenvalue weighted by atomic mass is 9.52. The van der Waals surface area contributed by atoms with Gasteiger partial charge in [-0.15, -0.1) is 0 Å². The van der Waals surface area contributed by atoms with Crippen LogP contribution in [0.3, 0.4) is 0 Å². The summed E-state index contributed by atoms with van der Waals surface area (Å²) in [5.74, 6) is 0.187. The van der Waals surface area contributed by atoms with Crippen molar-refractivity contribution in [2.45, 2.75) is 59.4 Å². The fourth-order valence-corrected chi connectivity index (χ4v) is 6.05. The van der Waals surface area contributed by atoms with Crippen LogP contribution in [-0.4, -0.2) is 19.1 Å². The van der Waals surface area contributed by atoms with Gasteiger partial charge in [0.05, 0.1) is 18.4 Å². The Bertz CT molecular complexity index is 789. The average Bonchev–Trinajstić information content (AvgIpc) is 2.77. The number of nitrogens with one attached hydrogen (secondary N) is 1. The minimum absolute atomic E-state index is 0.0465. The highest BCUT2D eigenvalue weighted by atomic mass is 16.5. The molecule has 0 amide bonds. The maximum atomic E-state index is 12.3. The first kappa shape index (κ1) is 16.7. The van der Waals surface area contributed by atoms with Crippen LogP contribution in [0.1, 0.15) is 69.3 Å². The van der Waals surface area contributed by atoms with Gasteiger partial charge in [-0.2, -0.15) is 0 Å². The monoisotopic (exact) mass is 339 g/mol. The van der Waals surface area contributed by atoms with Crippen molar-refractivity contribution in [2.24, 2.45) is 16.2 Å². The van der Waals surface area contributed by atoms with Crippen molar-refractivity contribution >= 4 is 11.7 Å². The van der Waals surface area contributed by atoms with Crippen molar-refractivity contribution in [1.82, 2.24) is 0 Å². The average molecular weight is 339 g/mol. The molecule has 3 atom stereocenters. The van der Waals surface area contributed by atoms with Gasteiger partial charge in [0, 0.05) is 16.9 Å². The van der Waals surface area contributed by atoms with E-state index in [1.165, 1.54) is 19.1 Å². The molecule has 1 N–H and O–H groups in total. The van der Waals surface area contributed by atoms with Crippen LogP contribution in [0.5, 0.6) is 0 Å². The lowest BCUT2D eigenvalue weighted by Gasteiger charge is -2.56. The summed E-state index contributed by atoms with van der Waals surface area (Å²) < 4.78 is 5.04. The number of anilines is 1. The molecule has 1 fully saturated rings. The first-order valence-electron chi connectivity index (χ1n) is 9.34. The Balaban J connectivity index is 1.94. The van der Waals surface area contributed by atoms with E-state index >= 15 is 0 Å². The summed E-state index contributed by atoms with van der Waals surface area (Å²) in [4.78, 5) is 12.3. The maximum absolute atomic E-state index is 12.3. The summed E-state index contributed by atoms with van der Waals surface area (Å²) in [5, 5.41) is 3.79. The number of para-hydroxylation sites is 1. The standard InChI is InChI=1S/C22H29NO2/c1-20(2)11-10-15-13-8-7-9-14(18(24)25-6)17(13)23-19-21(3,4)12-16(20)22(15,19)5/h7-9,12,15,19,23H,10-11H2,1-6H3/t15-,19-,22+/m1/s1. The molecule has 1 aromatic carbocycles. The van der Waals surface area contributed by atoms with Crippen molar-refractivity contribution in [1.29, 1.82) is 0 Å². The van der Waals surface area contributed by atoms with Crippen molar-refractivity contribution < 1.29 is 9.53 Å². The topological polar surface area (TPSA) is 38.3 Å². The first-order valence-corrected chi connectivity index (χ1v) is 9.34. The zero-order chi connectivity index (χ0) is 18.2. The fourth-order valence-electron chi connectivity index (χ4n) is 6.05. The Morgan fingerprint density at radius 3 is 2.60 bits per heavy atom. The van der Waals surface area contributed by atoms with E-state index in [1.807, 2.05) is 12.1 Å². The zero-order valence-electron chi connectivity index (χ0n) is 16.2. The number of methoxy groups -OCH3 is 1. The molecule has 25 heavy (non-hydrogen) atoms. The van der Waals surface area contributed by atoms with Crippen molar-refractivity contribution in [3.8, 4) is 0 Å². The predicted molar refractivity (Wildman–Crippen MR) is 101 cm³/mol. The smallest absolute Gasteiger partial charge is 0.339 e. The normalized spacial score (nSPS) is 33.6. The minimum Gasteiger partial charge on any atom is -0.465 e. The van der Waals surface area contributed by atoms with Gasteiger partial charge in [0.2, 0.25) is 0 Å².